The molecule has 0 radical (unpaired) electrons. The van der Waals surface area contributed by atoms with Gasteiger partial charge in [0.2, 0.25) is 0 Å². The highest BCUT2D eigenvalue weighted by atomic mass is 15.2. The van der Waals surface area contributed by atoms with Gasteiger partial charge in [0.25, 0.3) is 0 Å². The maximum absolute atomic E-state index is 4.34. The summed E-state index contributed by atoms with van der Waals surface area (Å²) in [6.45, 7) is 2.48. The minimum absolute atomic E-state index is 0.392. The van der Waals surface area contributed by atoms with Crippen molar-refractivity contribution in [2.45, 2.75) is 50.2 Å². The van der Waals surface area contributed by atoms with Crippen molar-refractivity contribution in [3.8, 4) is 0 Å². The molecule has 3 nitrogen and oxygen atoms in total. The van der Waals surface area contributed by atoms with E-state index in [0.29, 0.717) is 12.1 Å². The number of nitrogens with one attached hydrogen (secondary N) is 1. The van der Waals surface area contributed by atoms with Crippen LogP contribution < -0.4 is 5.32 Å². The van der Waals surface area contributed by atoms with E-state index < -0.39 is 0 Å². The van der Waals surface area contributed by atoms with Gasteiger partial charge in [0, 0.05) is 43.6 Å². The minimum Gasteiger partial charge on any atom is -0.306 e. The fourth-order valence-electron chi connectivity index (χ4n) is 3.86. The molecule has 3 heteroatoms. The second-order valence-corrected chi connectivity index (χ2v) is 7.24. The Bertz CT molecular complexity index is 624. The van der Waals surface area contributed by atoms with Crippen LogP contribution in [0.5, 0.6) is 0 Å². The lowest BCUT2D eigenvalue weighted by atomic mass is 9.99. The summed E-state index contributed by atoms with van der Waals surface area (Å²) >= 11 is 0. The van der Waals surface area contributed by atoms with Crippen LogP contribution in [-0.4, -0.2) is 35.1 Å². The van der Waals surface area contributed by atoms with E-state index in [-0.39, 0.29) is 0 Å². The second kappa shape index (κ2) is 7.45. The topological polar surface area (TPSA) is 28.2 Å². The summed E-state index contributed by atoms with van der Waals surface area (Å²) in [6.07, 6.45) is 10.2. The zero-order chi connectivity index (χ0) is 16.2. The Kier molecular flexibility index (Phi) is 4.91. The number of aromatic nitrogens is 1. The first kappa shape index (κ1) is 15.8. The first-order valence-corrected chi connectivity index (χ1v) is 9.32. The largest absolute Gasteiger partial charge is 0.306 e. The lowest BCUT2D eigenvalue weighted by Gasteiger charge is -2.24. The van der Waals surface area contributed by atoms with Crippen LogP contribution >= 0.6 is 0 Å². The van der Waals surface area contributed by atoms with Crippen molar-refractivity contribution in [1.29, 1.82) is 0 Å². The number of hydrogen-bond acceptors (Lipinski definition) is 3. The summed E-state index contributed by atoms with van der Waals surface area (Å²) in [7, 11) is 0. The molecule has 0 bridgehead atoms. The molecule has 1 aliphatic heterocycles. The predicted molar refractivity (Wildman–Crippen MR) is 97.9 cm³/mol. The Morgan fingerprint density at radius 3 is 2.71 bits per heavy atom. The molecule has 2 atom stereocenters. The molecule has 1 aliphatic carbocycles. The van der Waals surface area contributed by atoms with Crippen molar-refractivity contribution in [1.82, 2.24) is 15.2 Å². The Labute approximate surface area is 145 Å². The quantitative estimate of drug-likeness (QED) is 0.845. The van der Waals surface area contributed by atoms with Gasteiger partial charge in [0.1, 0.15) is 0 Å². The van der Waals surface area contributed by atoms with E-state index >= 15 is 0 Å². The van der Waals surface area contributed by atoms with E-state index in [1.165, 1.54) is 43.5 Å². The fraction of sp³-hybridized carbons (Fsp3) is 0.476. The Morgan fingerprint density at radius 2 is 1.96 bits per heavy atom. The highest BCUT2D eigenvalue weighted by molar-refractivity contribution is 5.18. The fourth-order valence-corrected chi connectivity index (χ4v) is 3.86. The zero-order valence-electron chi connectivity index (χ0n) is 14.3. The van der Waals surface area contributed by atoms with Crippen LogP contribution in [0, 0.1) is 0 Å². The molecular formula is C21H27N3. The van der Waals surface area contributed by atoms with Crippen molar-refractivity contribution < 1.29 is 0 Å². The molecule has 0 amide bonds. The van der Waals surface area contributed by atoms with Crippen molar-refractivity contribution in [2.75, 3.05) is 13.1 Å². The van der Waals surface area contributed by atoms with Gasteiger partial charge in [-0.25, -0.2) is 0 Å². The molecule has 2 unspecified atom stereocenters. The number of pyridine rings is 1. The molecule has 2 heterocycles. The number of hydrogen-bond donors (Lipinski definition) is 1. The smallest absolute Gasteiger partial charge is 0.0341 e. The number of benzene rings is 1. The normalized spacial score (nSPS) is 22.6. The second-order valence-electron chi connectivity index (χ2n) is 7.24. The lowest BCUT2D eigenvalue weighted by molar-refractivity contribution is 0.310. The number of aryl methyl sites for hydroxylation is 1. The molecule has 1 aromatic heterocycles. The molecule has 1 saturated carbocycles. The molecule has 1 saturated heterocycles. The number of rotatable bonds is 7. The van der Waals surface area contributed by atoms with Gasteiger partial charge in [-0.1, -0.05) is 36.4 Å². The van der Waals surface area contributed by atoms with Gasteiger partial charge in [-0.05, 0) is 49.3 Å². The summed E-state index contributed by atoms with van der Waals surface area (Å²) in [5, 5.41) is 3.93. The van der Waals surface area contributed by atoms with Gasteiger partial charge in [-0.15, -0.1) is 0 Å². The van der Waals surface area contributed by atoms with Crippen LogP contribution in [0.1, 0.15) is 42.9 Å². The summed E-state index contributed by atoms with van der Waals surface area (Å²) in [5.74, 6) is 0. The van der Waals surface area contributed by atoms with E-state index in [1.807, 2.05) is 12.4 Å². The average molecular weight is 321 g/mol. The van der Waals surface area contributed by atoms with Crippen molar-refractivity contribution in [3.05, 3.63) is 66.0 Å². The van der Waals surface area contributed by atoms with E-state index in [2.05, 4.69) is 57.7 Å². The highest BCUT2D eigenvalue weighted by Crippen LogP contribution is 2.30. The van der Waals surface area contributed by atoms with E-state index in [4.69, 9.17) is 0 Å². The van der Waals surface area contributed by atoms with Crippen LogP contribution in [0.25, 0.3) is 0 Å². The van der Waals surface area contributed by atoms with Crippen LogP contribution in [0.2, 0.25) is 0 Å². The molecule has 24 heavy (non-hydrogen) atoms. The Balaban J connectivity index is 1.40. The molecule has 126 valence electrons. The molecule has 1 N–H and O–H groups in total. The maximum atomic E-state index is 4.34. The van der Waals surface area contributed by atoms with Gasteiger partial charge in [0.05, 0.1) is 0 Å². The Morgan fingerprint density at radius 1 is 1.08 bits per heavy atom. The molecule has 4 rings (SSSR count). The van der Waals surface area contributed by atoms with Crippen LogP contribution in [0.15, 0.2) is 54.9 Å². The molecule has 2 aromatic rings. The van der Waals surface area contributed by atoms with Crippen molar-refractivity contribution in [2.24, 2.45) is 0 Å². The first-order chi connectivity index (χ1) is 11.9. The van der Waals surface area contributed by atoms with Gasteiger partial charge >= 0.3 is 0 Å². The summed E-state index contributed by atoms with van der Waals surface area (Å²) in [5.41, 5.74) is 2.73. The van der Waals surface area contributed by atoms with Crippen molar-refractivity contribution >= 4 is 0 Å². The highest BCUT2D eigenvalue weighted by Gasteiger charge is 2.34. The maximum Gasteiger partial charge on any atom is 0.0341 e. The molecule has 1 aromatic carbocycles. The third-order valence-electron chi connectivity index (χ3n) is 5.37. The zero-order valence-corrected chi connectivity index (χ0v) is 14.3. The van der Waals surface area contributed by atoms with Gasteiger partial charge < -0.3 is 5.32 Å². The average Bonchev–Trinajstić information content (AvgIpc) is 3.39. The molecule has 2 aliphatic rings. The molecule has 2 fully saturated rings. The van der Waals surface area contributed by atoms with Gasteiger partial charge in [0.15, 0.2) is 0 Å². The van der Waals surface area contributed by atoms with E-state index in [9.17, 15) is 0 Å². The summed E-state index contributed by atoms with van der Waals surface area (Å²) in [4.78, 5) is 7.01. The first-order valence-electron chi connectivity index (χ1n) is 9.32. The van der Waals surface area contributed by atoms with Crippen LogP contribution in [0.3, 0.4) is 0 Å². The SMILES string of the molecule is c1ccc(CCC(NC2CCN(C3CC3)C2)c2cccnc2)cc1. The third kappa shape index (κ3) is 4.03. The predicted octanol–water partition coefficient (Wildman–Crippen LogP) is 3.58. The molecular weight excluding hydrogens is 294 g/mol. The standard InChI is InChI=1S/C21H27N3/c1-2-5-17(6-3-1)8-11-21(18-7-4-13-22-15-18)23-19-12-14-24(16-19)20-9-10-20/h1-7,13,15,19-21,23H,8-12,14,16H2. The lowest BCUT2D eigenvalue weighted by Crippen LogP contribution is -2.36. The van der Waals surface area contributed by atoms with Crippen LogP contribution in [-0.2, 0) is 6.42 Å². The number of likely N-dealkylation sites (tertiary alicyclic amines) is 1. The summed E-state index contributed by atoms with van der Waals surface area (Å²) < 4.78 is 0. The minimum atomic E-state index is 0.392. The number of nitrogens with zero attached hydrogens (tertiary/aromatic N) is 2. The monoisotopic (exact) mass is 321 g/mol. The molecule has 0 spiro atoms. The van der Waals surface area contributed by atoms with Crippen LogP contribution in [0.4, 0.5) is 0 Å². The Hall–Kier alpha value is -1.71. The van der Waals surface area contributed by atoms with Gasteiger partial charge in [-0.2, -0.15) is 0 Å². The third-order valence-corrected chi connectivity index (χ3v) is 5.37. The van der Waals surface area contributed by atoms with E-state index in [0.717, 1.165) is 18.9 Å². The van der Waals surface area contributed by atoms with E-state index in [1.54, 1.807) is 0 Å². The summed E-state index contributed by atoms with van der Waals surface area (Å²) in [6, 6.07) is 17.0. The van der Waals surface area contributed by atoms with Gasteiger partial charge in [-0.3, -0.25) is 9.88 Å². The van der Waals surface area contributed by atoms with Crippen molar-refractivity contribution in [3.63, 3.8) is 0 Å².